The highest BCUT2D eigenvalue weighted by molar-refractivity contribution is 5.74. The van der Waals surface area contributed by atoms with Crippen LogP contribution < -0.4 is 0 Å². The average Bonchev–Trinajstić information content (AvgIpc) is 2.75. The van der Waals surface area contributed by atoms with Crippen molar-refractivity contribution in [3.8, 4) is 0 Å². The summed E-state index contributed by atoms with van der Waals surface area (Å²) in [6.45, 7) is 18.1. The summed E-state index contributed by atoms with van der Waals surface area (Å²) in [6, 6.07) is 0. The molecule has 34 heavy (non-hydrogen) atoms. The maximum atomic E-state index is 12.3. The summed E-state index contributed by atoms with van der Waals surface area (Å²) >= 11 is 0. The van der Waals surface area contributed by atoms with E-state index in [0.717, 1.165) is 57.8 Å². The van der Waals surface area contributed by atoms with Crippen LogP contribution in [0.5, 0.6) is 0 Å². The zero-order valence-corrected chi connectivity index (χ0v) is 22.4. The van der Waals surface area contributed by atoms with Crippen LogP contribution in [0.2, 0.25) is 0 Å². The Morgan fingerprint density at radius 2 is 1.59 bits per heavy atom. The minimum Gasteiger partial charge on any atom is -0.481 e. The lowest BCUT2D eigenvalue weighted by atomic mass is 9.36. The Balaban J connectivity index is 1.80. The van der Waals surface area contributed by atoms with Crippen LogP contribution in [-0.2, 0) is 9.59 Å². The van der Waals surface area contributed by atoms with Gasteiger partial charge in [0.1, 0.15) is 0 Å². The molecular weight excluding hydrogens is 424 g/mol. The van der Waals surface area contributed by atoms with Gasteiger partial charge >= 0.3 is 11.9 Å². The quantitative estimate of drug-likeness (QED) is 0.405. The highest BCUT2D eigenvalue weighted by atomic mass is 16.4. The van der Waals surface area contributed by atoms with E-state index < -0.39 is 17.4 Å². The van der Waals surface area contributed by atoms with Gasteiger partial charge in [-0.3, -0.25) is 9.59 Å². The van der Waals surface area contributed by atoms with Gasteiger partial charge in [0, 0.05) is 6.42 Å². The molecule has 0 spiro atoms. The molecule has 4 aliphatic rings. The number of carboxylic acids is 2. The normalized spacial score (nSPS) is 46.2. The van der Waals surface area contributed by atoms with Crippen LogP contribution in [0.4, 0.5) is 0 Å². The molecule has 0 amide bonds. The second kappa shape index (κ2) is 7.96. The average molecular weight is 471 g/mol. The van der Waals surface area contributed by atoms with Crippen LogP contribution in [0.15, 0.2) is 23.3 Å². The molecule has 4 rings (SSSR count). The summed E-state index contributed by atoms with van der Waals surface area (Å²) < 4.78 is 0. The molecule has 4 aliphatic carbocycles. The van der Waals surface area contributed by atoms with Crippen molar-refractivity contribution >= 4 is 11.9 Å². The molecule has 4 heteroatoms. The SMILES string of the molecule is C=C(C)C1CCC2=C(CC[C@@]3(C)C4C[C@](C)(C(=O)O)CC[C@]4(C)CC[C@]23C)[C@@]1(C)CCC(=O)O. The van der Waals surface area contributed by atoms with E-state index in [2.05, 4.69) is 41.2 Å². The van der Waals surface area contributed by atoms with Crippen molar-refractivity contribution in [3.05, 3.63) is 23.3 Å². The number of hydrogen-bond donors (Lipinski definition) is 2. The minimum absolute atomic E-state index is 0.0477. The van der Waals surface area contributed by atoms with Crippen molar-refractivity contribution in [1.82, 2.24) is 0 Å². The summed E-state index contributed by atoms with van der Waals surface area (Å²) in [5.41, 5.74) is 3.84. The Morgan fingerprint density at radius 3 is 2.18 bits per heavy atom. The standard InChI is InChI=1S/C30H46O4/c1-19(2)20-8-9-22-21(28(20,5)12-11-24(31)32)10-13-30(7)23-18-27(4,25(33)34)15-14-26(23,3)16-17-29(22,30)6/h20,23H,1,8-18H2,2-7H3,(H,31,32)(H,33,34)/t20?,23?,26-,27-,28+,29-,30+/m1/s1. The smallest absolute Gasteiger partial charge is 0.309 e. The number of hydrogen-bond acceptors (Lipinski definition) is 2. The second-order valence-electron chi connectivity index (χ2n) is 13.7. The van der Waals surface area contributed by atoms with E-state index in [1.54, 1.807) is 5.57 Å². The molecule has 2 saturated carbocycles. The van der Waals surface area contributed by atoms with Crippen LogP contribution in [-0.4, -0.2) is 22.2 Å². The number of carbonyl (C=O) groups is 2. The third-order valence-corrected chi connectivity index (χ3v) is 12.0. The second-order valence-corrected chi connectivity index (χ2v) is 13.7. The van der Waals surface area contributed by atoms with Crippen molar-refractivity contribution in [1.29, 1.82) is 0 Å². The third-order valence-electron chi connectivity index (χ3n) is 12.0. The number of rotatable bonds is 5. The Hall–Kier alpha value is -1.58. The Morgan fingerprint density at radius 1 is 0.941 bits per heavy atom. The number of allylic oxidation sites excluding steroid dienone is 3. The highest BCUT2D eigenvalue weighted by Gasteiger charge is 2.65. The van der Waals surface area contributed by atoms with E-state index in [4.69, 9.17) is 0 Å². The van der Waals surface area contributed by atoms with Gasteiger partial charge in [0.15, 0.2) is 0 Å². The molecule has 0 aromatic heterocycles. The van der Waals surface area contributed by atoms with Gasteiger partial charge in [0.05, 0.1) is 5.41 Å². The molecule has 2 unspecified atom stereocenters. The van der Waals surface area contributed by atoms with Crippen molar-refractivity contribution in [2.24, 2.45) is 38.9 Å². The van der Waals surface area contributed by atoms with Gasteiger partial charge in [-0.05, 0) is 112 Å². The van der Waals surface area contributed by atoms with E-state index in [1.807, 2.05) is 6.92 Å². The summed E-state index contributed by atoms with van der Waals surface area (Å²) in [5.74, 6) is -0.626. The molecule has 0 aromatic rings. The fourth-order valence-corrected chi connectivity index (χ4v) is 9.40. The predicted octanol–water partition coefficient (Wildman–Crippen LogP) is 7.64. The molecule has 4 nitrogen and oxygen atoms in total. The highest BCUT2D eigenvalue weighted by Crippen LogP contribution is 2.74. The van der Waals surface area contributed by atoms with Gasteiger partial charge < -0.3 is 10.2 Å². The lowest BCUT2D eigenvalue weighted by molar-refractivity contribution is -0.173. The Labute approximate surface area is 206 Å². The van der Waals surface area contributed by atoms with E-state index >= 15 is 0 Å². The first-order valence-electron chi connectivity index (χ1n) is 13.5. The molecule has 0 heterocycles. The summed E-state index contributed by atoms with van der Waals surface area (Å²) in [6.07, 6.45) is 9.95. The fraction of sp³-hybridized carbons (Fsp3) is 0.800. The van der Waals surface area contributed by atoms with Gasteiger partial charge in [-0.1, -0.05) is 51.0 Å². The van der Waals surface area contributed by atoms with E-state index in [-0.39, 0.29) is 28.1 Å². The van der Waals surface area contributed by atoms with Crippen LogP contribution in [0, 0.1) is 38.9 Å². The molecule has 0 saturated heterocycles. The summed E-state index contributed by atoms with van der Waals surface area (Å²) in [4.78, 5) is 23.9. The van der Waals surface area contributed by atoms with Gasteiger partial charge in [-0.2, -0.15) is 0 Å². The summed E-state index contributed by atoms with van der Waals surface area (Å²) in [7, 11) is 0. The number of carboxylic acid groups (broad SMARTS) is 2. The lowest BCUT2D eigenvalue weighted by Gasteiger charge is -2.68. The van der Waals surface area contributed by atoms with Gasteiger partial charge in [-0.15, -0.1) is 0 Å². The van der Waals surface area contributed by atoms with Gasteiger partial charge in [0.2, 0.25) is 0 Å². The van der Waals surface area contributed by atoms with Gasteiger partial charge in [0.25, 0.3) is 0 Å². The molecule has 2 fully saturated rings. The van der Waals surface area contributed by atoms with Crippen LogP contribution in [0.1, 0.15) is 112 Å². The predicted molar refractivity (Wildman–Crippen MR) is 135 cm³/mol. The molecule has 0 aliphatic heterocycles. The maximum absolute atomic E-state index is 12.3. The molecule has 190 valence electrons. The van der Waals surface area contributed by atoms with E-state index in [0.29, 0.717) is 18.3 Å². The van der Waals surface area contributed by atoms with Crippen molar-refractivity contribution in [3.63, 3.8) is 0 Å². The zero-order valence-electron chi connectivity index (χ0n) is 22.4. The first-order chi connectivity index (χ1) is 15.6. The summed E-state index contributed by atoms with van der Waals surface area (Å²) in [5, 5.41) is 19.6. The number of aliphatic carboxylic acids is 2. The van der Waals surface area contributed by atoms with Crippen LogP contribution >= 0.6 is 0 Å². The van der Waals surface area contributed by atoms with Crippen LogP contribution in [0.3, 0.4) is 0 Å². The lowest BCUT2D eigenvalue weighted by Crippen LogP contribution is -2.60. The molecule has 2 N–H and O–H groups in total. The third kappa shape index (κ3) is 3.45. The van der Waals surface area contributed by atoms with E-state index in [1.165, 1.54) is 11.1 Å². The molecular formula is C30H46O4. The van der Waals surface area contributed by atoms with Crippen molar-refractivity contribution in [2.75, 3.05) is 0 Å². The molecule has 7 atom stereocenters. The number of fused-ring (bicyclic) bond motifs is 4. The zero-order chi connectivity index (χ0) is 25.3. The molecule has 0 bridgehead atoms. The first-order valence-corrected chi connectivity index (χ1v) is 13.5. The topological polar surface area (TPSA) is 74.6 Å². The Bertz CT molecular complexity index is 947. The van der Waals surface area contributed by atoms with Crippen molar-refractivity contribution in [2.45, 2.75) is 112 Å². The first kappa shape index (κ1) is 25.5. The van der Waals surface area contributed by atoms with Crippen LogP contribution in [0.25, 0.3) is 0 Å². The maximum Gasteiger partial charge on any atom is 0.309 e. The van der Waals surface area contributed by atoms with Crippen molar-refractivity contribution < 1.29 is 19.8 Å². The largest absolute Gasteiger partial charge is 0.481 e. The van der Waals surface area contributed by atoms with E-state index in [9.17, 15) is 19.8 Å². The minimum atomic E-state index is -0.718. The fourth-order valence-electron chi connectivity index (χ4n) is 9.40. The molecule has 0 radical (unpaired) electrons. The Kier molecular flexibility index (Phi) is 5.98. The molecule has 0 aromatic carbocycles. The van der Waals surface area contributed by atoms with Gasteiger partial charge in [-0.25, -0.2) is 0 Å². The monoisotopic (exact) mass is 470 g/mol.